The van der Waals surface area contributed by atoms with Crippen molar-refractivity contribution in [2.75, 3.05) is 13.6 Å². The molecule has 3 heteroatoms. The van der Waals surface area contributed by atoms with Crippen molar-refractivity contribution in [3.05, 3.63) is 22.4 Å². The highest BCUT2D eigenvalue weighted by Gasteiger charge is 2.28. The van der Waals surface area contributed by atoms with E-state index < -0.39 is 0 Å². The van der Waals surface area contributed by atoms with Crippen molar-refractivity contribution in [1.82, 2.24) is 4.90 Å². The summed E-state index contributed by atoms with van der Waals surface area (Å²) >= 11 is 1.77. The van der Waals surface area contributed by atoms with E-state index >= 15 is 0 Å². The van der Waals surface area contributed by atoms with Gasteiger partial charge < -0.3 is 10.6 Å². The predicted molar refractivity (Wildman–Crippen MR) is 70.7 cm³/mol. The third-order valence-corrected chi connectivity index (χ3v) is 4.20. The molecule has 0 unspecified atom stereocenters. The highest BCUT2D eigenvalue weighted by Crippen LogP contribution is 2.26. The van der Waals surface area contributed by atoms with Crippen molar-refractivity contribution in [2.24, 2.45) is 5.73 Å². The molecule has 90 valence electrons. The van der Waals surface area contributed by atoms with E-state index in [4.69, 9.17) is 5.73 Å². The van der Waals surface area contributed by atoms with Crippen LogP contribution in [0.15, 0.2) is 16.8 Å². The molecule has 1 fully saturated rings. The average Bonchev–Trinajstić information content (AvgIpc) is 2.70. The molecule has 0 amide bonds. The summed E-state index contributed by atoms with van der Waals surface area (Å²) in [5.74, 6) is 0. The van der Waals surface area contributed by atoms with E-state index in [0.29, 0.717) is 0 Å². The molecule has 1 aliphatic rings. The van der Waals surface area contributed by atoms with Crippen LogP contribution in [0.2, 0.25) is 0 Å². The summed E-state index contributed by atoms with van der Waals surface area (Å²) in [7, 11) is 2.18. The van der Waals surface area contributed by atoms with Crippen LogP contribution < -0.4 is 5.73 Å². The van der Waals surface area contributed by atoms with Gasteiger partial charge >= 0.3 is 0 Å². The lowest BCUT2D eigenvalue weighted by Gasteiger charge is -2.36. The number of thiophene rings is 1. The fraction of sp³-hybridized carbons (Fsp3) is 0.692. The zero-order chi connectivity index (χ0) is 11.4. The van der Waals surface area contributed by atoms with Gasteiger partial charge in [-0.2, -0.15) is 11.3 Å². The first-order valence-corrected chi connectivity index (χ1v) is 7.11. The fourth-order valence-electron chi connectivity index (χ4n) is 2.70. The first-order chi connectivity index (χ1) is 7.68. The van der Waals surface area contributed by atoms with Gasteiger partial charge in [0.25, 0.3) is 0 Å². The number of hydrogen-bond acceptors (Lipinski definition) is 3. The lowest BCUT2D eigenvalue weighted by atomic mass is 9.82. The van der Waals surface area contributed by atoms with Crippen LogP contribution in [0, 0.1) is 0 Å². The van der Waals surface area contributed by atoms with Gasteiger partial charge in [0.2, 0.25) is 0 Å². The lowest BCUT2D eigenvalue weighted by molar-refractivity contribution is 0.193. The Kier molecular flexibility index (Phi) is 4.00. The van der Waals surface area contributed by atoms with Crippen molar-refractivity contribution in [3.63, 3.8) is 0 Å². The molecule has 1 aromatic heterocycles. The van der Waals surface area contributed by atoms with E-state index in [0.717, 1.165) is 13.1 Å². The third kappa shape index (κ3) is 3.30. The molecular formula is C13H22N2S. The molecule has 0 aromatic carbocycles. The van der Waals surface area contributed by atoms with E-state index in [-0.39, 0.29) is 5.54 Å². The molecule has 0 saturated heterocycles. The van der Waals surface area contributed by atoms with Crippen molar-refractivity contribution in [1.29, 1.82) is 0 Å². The summed E-state index contributed by atoms with van der Waals surface area (Å²) in [5.41, 5.74) is 7.93. The lowest BCUT2D eigenvalue weighted by Crippen LogP contribution is -2.50. The van der Waals surface area contributed by atoms with E-state index in [1.165, 1.54) is 37.7 Å². The van der Waals surface area contributed by atoms with E-state index in [1.54, 1.807) is 11.3 Å². The van der Waals surface area contributed by atoms with Gasteiger partial charge in [0, 0.05) is 18.6 Å². The normalized spacial score (nSPS) is 20.2. The Morgan fingerprint density at radius 2 is 2.12 bits per heavy atom. The molecule has 2 N–H and O–H groups in total. The van der Waals surface area contributed by atoms with E-state index in [9.17, 15) is 0 Å². The fourth-order valence-corrected chi connectivity index (χ4v) is 3.36. The first-order valence-electron chi connectivity index (χ1n) is 6.16. The molecule has 0 spiro atoms. The van der Waals surface area contributed by atoms with Gasteiger partial charge in [-0.3, -0.25) is 0 Å². The number of nitrogens with two attached hydrogens (primary N) is 1. The van der Waals surface area contributed by atoms with Gasteiger partial charge in [0.05, 0.1) is 0 Å². The Balaban J connectivity index is 1.84. The van der Waals surface area contributed by atoms with Crippen molar-refractivity contribution in [3.8, 4) is 0 Å². The van der Waals surface area contributed by atoms with Crippen LogP contribution in [-0.4, -0.2) is 24.0 Å². The Hall–Kier alpha value is -0.380. The molecule has 1 heterocycles. The third-order valence-electron chi connectivity index (χ3n) is 3.47. The standard InChI is InChI=1S/C13H22N2S/c1-15(9-12-5-8-16-10-12)11-13(14)6-3-2-4-7-13/h5,8,10H,2-4,6-7,9,11,14H2,1H3. The maximum Gasteiger partial charge on any atom is 0.0283 e. The Labute approximate surface area is 102 Å². The molecule has 0 aliphatic heterocycles. The minimum absolute atomic E-state index is 0.0724. The van der Waals surface area contributed by atoms with Gasteiger partial charge in [-0.25, -0.2) is 0 Å². The van der Waals surface area contributed by atoms with Crippen LogP contribution in [0.3, 0.4) is 0 Å². The maximum absolute atomic E-state index is 6.45. The first kappa shape index (κ1) is 12.1. The zero-order valence-electron chi connectivity index (χ0n) is 10.1. The Bertz CT molecular complexity index is 302. The maximum atomic E-state index is 6.45. The van der Waals surface area contributed by atoms with Crippen LogP contribution >= 0.6 is 11.3 Å². The molecular weight excluding hydrogens is 216 g/mol. The predicted octanol–water partition coefficient (Wildman–Crippen LogP) is 2.84. The highest BCUT2D eigenvalue weighted by atomic mass is 32.1. The number of nitrogens with zero attached hydrogens (tertiary/aromatic N) is 1. The zero-order valence-corrected chi connectivity index (χ0v) is 10.9. The Morgan fingerprint density at radius 3 is 2.75 bits per heavy atom. The van der Waals surface area contributed by atoms with Crippen LogP contribution in [0.5, 0.6) is 0 Å². The molecule has 2 nitrogen and oxygen atoms in total. The smallest absolute Gasteiger partial charge is 0.0283 e. The van der Waals surface area contributed by atoms with Gasteiger partial charge in [-0.05, 0) is 42.3 Å². The van der Waals surface area contributed by atoms with Crippen molar-refractivity contribution < 1.29 is 0 Å². The topological polar surface area (TPSA) is 29.3 Å². The molecule has 1 aliphatic carbocycles. The quantitative estimate of drug-likeness (QED) is 0.874. The minimum Gasteiger partial charge on any atom is -0.324 e. The summed E-state index contributed by atoms with van der Waals surface area (Å²) in [4.78, 5) is 2.37. The summed E-state index contributed by atoms with van der Waals surface area (Å²) in [6, 6.07) is 2.20. The van der Waals surface area contributed by atoms with Crippen molar-refractivity contribution in [2.45, 2.75) is 44.2 Å². The number of hydrogen-bond donors (Lipinski definition) is 1. The molecule has 0 atom stereocenters. The molecule has 16 heavy (non-hydrogen) atoms. The Morgan fingerprint density at radius 1 is 1.38 bits per heavy atom. The second-order valence-corrected chi connectivity index (χ2v) is 6.01. The van der Waals surface area contributed by atoms with Gasteiger partial charge in [0.1, 0.15) is 0 Å². The molecule has 0 radical (unpaired) electrons. The summed E-state index contributed by atoms with van der Waals surface area (Å²) in [6.45, 7) is 2.06. The monoisotopic (exact) mass is 238 g/mol. The number of likely N-dealkylation sites (N-methyl/N-ethyl adjacent to an activating group) is 1. The second-order valence-electron chi connectivity index (χ2n) is 5.23. The summed E-state index contributed by atoms with van der Waals surface area (Å²) < 4.78 is 0. The second kappa shape index (κ2) is 5.30. The molecule has 2 rings (SSSR count). The summed E-state index contributed by atoms with van der Waals surface area (Å²) in [6.07, 6.45) is 6.38. The van der Waals surface area contributed by atoms with Crippen LogP contribution in [-0.2, 0) is 6.54 Å². The molecule has 1 aromatic rings. The largest absolute Gasteiger partial charge is 0.324 e. The minimum atomic E-state index is 0.0724. The summed E-state index contributed by atoms with van der Waals surface area (Å²) in [5, 5.41) is 4.36. The highest BCUT2D eigenvalue weighted by molar-refractivity contribution is 7.07. The number of rotatable bonds is 4. The van der Waals surface area contributed by atoms with Crippen LogP contribution in [0.1, 0.15) is 37.7 Å². The van der Waals surface area contributed by atoms with Gasteiger partial charge in [-0.1, -0.05) is 19.3 Å². The van der Waals surface area contributed by atoms with Crippen LogP contribution in [0.4, 0.5) is 0 Å². The van der Waals surface area contributed by atoms with Gasteiger partial charge in [-0.15, -0.1) is 0 Å². The van der Waals surface area contributed by atoms with E-state index in [2.05, 4.69) is 28.8 Å². The van der Waals surface area contributed by atoms with Crippen molar-refractivity contribution >= 4 is 11.3 Å². The molecule has 1 saturated carbocycles. The van der Waals surface area contributed by atoms with Gasteiger partial charge in [0.15, 0.2) is 0 Å². The van der Waals surface area contributed by atoms with Crippen LogP contribution in [0.25, 0.3) is 0 Å². The average molecular weight is 238 g/mol. The molecule has 0 bridgehead atoms. The SMILES string of the molecule is CN(Cc1ccsc1)CC1(N)CCCCC1. The van der Waals surface area contributed by atoms with E-state index in [1.807, 2.05) is 0 Å².